The van der Waals surface area contributed by atoms with Crippen molar-refractivity contribution >= 4 is 5.97 Å². The fraction of sp³-hybridized carbons (Fsp3) is 0.900. The van der Waals surface area contributed by atoms with Crippen LogP contribution in [0.2, 0.25) is 0 Å². The Morgan fingerprint density at radius 2 is 1.78 bits per heavy atom. The summed E-state index contributed by atoms with van der Waals surface area (Å²) in [4.78, 5) is 15.9. The second-order valence-electron chi connectivity index (χ2n) is 4.39. The average molecular weight is 265 g/mol. The summed E-state index contributed by atoms with van der Waals surface area (Å²) in [5.41, 5.74) is 0. The lowest BCUT2D eigenvalue weighted by Crippen LogP contribution is -2.64. The highest BCUT2D eigenvalue weighted by atomic mass is 16.7. The first-order chi connectivity index (χ1) is 8.31. The van der Waals surface area contributed by atoms with E-state index in [0.29, 0.717) is 0 Å². The second kappa shape index (κ2) is 5.91. The number of hydrogen-bond acceptors (Lipinski definition) is 7. The smallest absolute Gasteiger partial charge is 0.335 e. The molecule has 0 radical (unpaired) electrons. The van der Waals surface area contributed by atoms with Crippen LogP contribution >= 0.6 is 0 Å². The van der Waals surface area contributed by atoms with E-state index in [1.807, 2.05) is 0 Å². The van der Waals surface area contributed by atoms with E-state index in [4.69, 9.17) is 14.7 Å². The molecular weight excluding hydrogens is 246 g/mol. The largest absolute Gasteiger partial charge is 0.479 e. The molecule has 1 rings (SSSR count). The molecule has 0 aromatic heterocycles. The third-order valence-electron chi connectivity index (χ3n) is 2.80. The van der Waals surface area contributed by atoms with Crippen LogP contribution in [-0.2, 0) is 14.4 Å². The van der Waals surface area contributed by atoms with Gasteiger partial charge in [-0.1, -0.05) is 0 Å². The van der Waals surface area contributed by atoms with Crippen LogP contribution in [0.15, 0.2) is 0 Å². The number of hydroxylamine groups is 2. The minimum absolute atomic E-state index is 0.216. The topological polar surface area (TPSA) is 120 Å². The molecule has 1 saturated heterocycles. The van der Waals surface area contributed by atoms with Crippen molar-refractivity contribution in [3.8, 4) is 0 Å². The van der Waals surface area contributed by atoms with Crippen LogP contribution < -0.4 is 0 Å². The first-order valence-electron chi connectivity index (χ1n) is 5.56. The number of aliphatic carboxylic acids is 1. The summed E-state index contributed by atoms with van der Waals surface area (Å²) in [6.45, 7) is 3.49. The van der Waals surface area contributed by atoms with E-state index in [1.165, 1.54) is 12.2 Å². The van der Waals surface area contributed by atoms with Crippen molar-refractivity contribution in [2.75, 3.05) is 7.11 Å². The second-order valence-corrected chi connectivity index (χ2v) is 4.39. The Morgan fingerprint density at radius 3 is 2.17 bits per heavy atom. The number of carboxylic acids is 1. The van der Waals surface area contributed by atoms with Gasteiger partial charge in [-0.25, -0.2) is 4.79 Å². The van der Waals surface area contributed by atoms with Gasteiger partial charge in [0.25, 0.3) is 0 Å². The molecule has 8 heteroatoms. The van der Waals surface area contributed by atoms with Gasteiger partial charge in [0.2, 0.25) is 0 Å². The minimum atomic E-state index is -1.69. The molecule has 3 unspecified atom stereocenters. The van der Waals surface area contributed by atoms with Crippen molar-refractivity contribution in [1.29, 1.82) is 0 Å². The van der Waals surface area contributed by atoms with E-state index in [0.717, 1.165) is 0 Å². The molecule has 1 fully saturated rings. The predicted molar refractivity (Wildman–Crippen MR) is 58.3 cm³/mol. The van der Waals surface area contributed by atoms with Crippen LogP contribution in [0.3, 0.4) is 0 Å². The highest BCUT2D eigenvalue weighted by Gasteiger charge is 2.49. The van der Waals surface area contributed by atoms with Crippen LogP contribution in [-0.4, -0.2) is 75.3 Å². The molecule has 0 amide bonds. The van der Waals surface area contributed by atoms with Gasteiger partial charge in [-0.15, -0.1) is 0 Å². The van der Waals surface area contributed by atoms with E-state index in [1.54, 1.807) is 13.8 Å². The van der Waals surface area contributed by atoms with Crippen molar-refractivity contribution in [3.05, 3.63) is 0 Å². The maximum absolute atomic E-state index is 10.9. The van der Waals surface area contributed by atoms with Gasteiger partial charge in [0.15, 0.2) is 12.3 Å². The van der Waals surface area contributed by atoms with Crippen LogP contribution in [0.4, 0.5) is 0 Å². The lowest BCUT2D eigenvalue weighted by molar-refractivity contribution is -0.330. The van der Waals surface area contributed by atoms with E-state index >= 15 is 0 Å². The quantitative estimate of drug-likeness (QED) is 0.437. The molecule has 18 heavy (non-hydrogen) atoms. The minimum Gasteiger partial charge on any atom is -0.479 e. The molecule has 1 heterocycles. The van der Waals surface area contributed by atoms with Crippen LogP contribution in [0.25, 0.3) is 0 Å². The zero-order chi connectivity index (χ0) is 14.0. The molecule has 0 aliphatic carbocycles. The van der Waals surface area contributed by atoms with Crippen molar-refractivity contribution in [2.45, 2.75) is 50.5 Å². The zero-order valence-corrected chi connectivity index (χ0v) is 10.4. The fourth-order valence-corrected chi connectivity index (χ4v) is 1.88. The lowest BCUT2D eigenvalue weighted by atomic mass is 9.97. The molecule has 0 bridgehead atoms. The molecule has 1 aliphatic heterocycles. The summed E-state index contributed by atoms with van der Waals surface area (Å²) in [6, 6.07) is -0.216. The molecule has 1 aliphatic rings. The van der Waals surface area contributed by atoms with Gasteiger partial charge >= 0.3 is 5.97 Å². The molecule has 0 saturated carbocycles. The van der Waals surface area contributed by atoms with Gasteiger partial charge in [-0.05, 0) is 13.8 Å². The van der Waals surface area contributed by atoms with Gasteiger partial charge in [0, 0.05) is 6.04 Å². The predicted octanol–water partition coefficient (Wildman–Crippen LogP) is -1.85. The molecule has 106 valence electrons. The Bertz CT molecular complexity index is 298. The Balaban J connectivity index is 2.94. The average Bonchev–Trinajstić information content (AvgIpc) is 2.29. The molecule has 0 aromatic carbocycles. The summed E-state index contributed by atoms with van der Waals surface area (Å²) in [5.74, 6) is -1.42. The molecule has 5 atom stereocenters. The molecular formula is C10H19NO7. The van der Waals surface area contributed by atoms with E-state index in [2.05, 4.69) is 0 Å². The number of rotatable bonds is 4. The molecule has 4 N–H and O–H groups in total. The highest BCUT2D eigenvalue weighted by molar-refractivity contribution is 5.73. The number of nitrogens with zero attached hydrogens (tertiary/aromatic N) is 1. The third kappa shape index (κ3) is 2.79. The first kappa shape index (κ1) is 15.3. The highest BCUT2D eigenvalue weighted by Crippen LogP contribution is 2.25. The number of carbonyl (C=O) groups is 1. The Kier molecular flexibility index (Phi) is 5.02. The van der Waals surface area contributed by atoms with Crippen LogP contribution in [0.1, 0.15) is 13.8 Å². The van der Waals surface area contributed by atoms with Crippen molar-refractivity contribution in [1.82, 2.24) is 5.06 Å². The summed E-state index contributed by atoms with van der Waals surface area (Å²) >= 11 is 0. The zero-order valence-electron chi connectivity index (χ0n) is 10.4. The molecule has 0 spiro atoms. The van der Waals surface area contributed by atoms with E-state index < -0.39 is 36.6 Å². The van der Waals surface area contributed by atoms with Crippen LogP contribution in [0, 0.1) is 0 Å². The van der Waals surface area contributed by atoms with Gasteiger partial charge in [0.1, 0.15) is 18.3 Å². The number of hydrogen-bond donors (Lipinski definition) is 4. The maximum Gasteiger partial charge on any atom is 0.335 e. The lowest BCUT2D eigenvalue weighted by Gasteiger charge is -2.43. The van der Waals surface area contributed by atoms with Crippen LogP contribution in [0.5, 0.6) is 0 Å². The van der Waals surface area contributed by atoms with Gasteiger partial charge < -0.3 is 25.2 Å². The fourth-order valence-electron chi connectivity index (χ4n) is 1.88. The standard InChI is InChI=1S/C10H19NO7/c1-4(2)11(17-3)9-7(14)5(12)6(13)8(18-9)10(15)16/h4-9,12-14H,1-3H3,(H,15,16)/t5?,6-,7?,8?,9-/m1/s1. The van der Waals surface area contributed by atoms with Crippen molar-refractivity contribution < 1.29 is 34.8 Å². The van der Waals surface area contributed by atoms with Crippen molar-refractivity contribution in [2.24, 2.45) is 0 Å². The Labute approximate surface area is 104 Å². The van der Waals surface area contributed by atoms with Gasteiger partial charge in [0.05, 0.1) is 7.11 Å². The number of aliphatic hydroxyl groups excluding tert-OH is 3. The summed E-state index contributed by atoms with van der Waals surface area (Å²) in [7, 11) is 1.34. The Morgan fingerprint density at radius 1 is 1.22 bits per heavy atom. The third-order valence-corrected chi connectivity index (χ3v) is 2.80. The van der Waals surface area contributed by atoms with Crippen molar-refractivity contribution in [3.63, 3.8) is 0 Å². The monoisotopic (exact) mass is 265 g/mol. The maximum atomic E-state index is 10.9. The number of carboxylic acid groups (broad SMARTS) is 1. The number of ether oxygens (including phenoxy) is 1. The van der Waals surface area contributed by atoms with Gasteiger partial charge in [-0.2, -0.15) is 5.06 Å². The normalized spacial score (nSPS) is 37.2. The molecule has 8 nitrogen and oxygen atoms in total. The summed E-state index contributed by atoms with van der Waals surface area (Å²) in [5, 5.41) is 39.1. The molecule has 0 aromatic rings. The SMILES string of the molecule is CON(C(C)C)[C@@H]1OC(C(=O)O)[C@H](O)C(O)C1O. The number of aliphatic hydroxyl groups is 3. The van der Waals surface area contributed by atoms with E-state index in [-0.39, 0.29) is 6.04 Å². The summed E-state index contributed by atoms with van der Waals surface area (Å²) in [6.07, 6.45) is -7.59. The Hall–Kier alpha value is -0.770. The van der Waals surface area contributed by atoms with E-state index in [9.17, 15) is 20.1 Å². The first-order valence-corrected chi connectivity index (χ1v) is 5.56. The summed E-state index contributed by atoms with van der Waals surface area (Å²) < 4.78 is 5.10. The van der Waals surface area contributed by atoms with Gasteiger partial charge in [-0.3, -0.25) is 4.84 Å².